The van der Waals surface area contributed by atoms with E-state index >= 15 is 0 Å². The topological polar surface area (TPSA) is 49.3 Å². The van der Waals surface area contributed by atoms with Gasteiger partial charge in [0.2, 0.25) is 0 Å². The van der Waals surface area contributed by atoms with Crippen molar-refractivity contribution in [3.63, 3.8) is 0 Å². The second kappa shape index (κ2) is 8.27. The van der Waals surface area contributed by atoms with Gasteiger partial charge in [-0.3, -0.25) is 4.79 Å². The lowest BCUT2D eigenvalue weighted by Crippen LogP contribution is -2.42. The Kier molecular flexibility index (Phi) is 6.98. The van der Waals surface area contributed by atoms with E-state index in [1.165, 1.54) is 5.56 Å². The Morgan fingerprint density at radius 1 is 1.50 bits per heavy atom. The first-order chi connectivity index (χ1) is 8.63. The zero-order valence-electron chi connectivity index (χ0n) is 11.2. The summed E-state index contributed by atoms with van der Waals surface area (Å²) in [7, 11) is 0. The molecular weight excluding hydrogens is 246 g/mol. The summed E-state index contributed by atoms with van der Waals surface area (Å²) in [6.07, 6.45) is 4.70. The maximum absolute atomic E-state index is 11.1. The van der Waals surface area contributed by atoms with Crippen LogP contribution in [-0.4, -0.2) is 23.2 Å². The van der Waals surface area contributed by atoms with Gasteiger partial charge in [-0.25, -0.2) is 0 Å². The lowest BCUT2D eigenvalue weighted by Gasteiger charge is -2.19. The van der Waals surface area contributed by atoms with Gasteiger partial charge < -0.3 is 10.4 Å². The standard InChI is InChI=1S/C14H23NO2S/c1-3-4-5-13(14(16)17)15-11(2)6-7-12-8-9-18-10-12/h8-11,13,15H,3-7H2,1-2H3,(H,16,17)/t11?,13-/m0/s1. The molecule has 0 radical (unpaired) electrons. The van der Waals surface area contributed by atoms with Gasteiger partial charge in [0, 0.05) is 6.04 Å². The van der Waals surface area contributed by atoms with Gasteiger partial charge in [-0.1, -0.05) is 19.8 Å². The largest absolute Gasteiger partial charge is 0.480 e. The third-order valence-electron chi connectivity index (χ3n) is 3.08. The summed E-state index contributed by atoms with van der Waals surface area (Å²) in [5.41, 5.74) is 1.34. The van der Waals surface area contributed by atoms with Crippen LogP contribution in [0.2, 0.25) is 0 Å². The fourth-order valence-electron chi connectivity index (χ4n) is 1.93. The zero-order chi connectivity index (χ0) is 13.4. The number of hydrogen-bond acceptors (Lipinski definition) is 3. The van der Waals surface area contributed by atoms with E-state index in [0.717, 1.165) is 25.7 Å². The monoisotopic (exact) mass is 269 g/mol. The average Bonchev–Trinajstić information content (AvgIpc) is 2.84. The van der Waals surface area contributed by atoms with Crippen LogP contribution in [0, 0.1) is 0 Å². The maximum Gasteiger partial charge on any atom is 0.320 e. The number of carboxylic acid groups (broad SMARTS) is 1. The number of nitrogens with one attached hydrogen (secondary N) is 1. The first-order valence-electron chi connectivity index (χ1n) is 6.63. The van der Waals surface area contributed by atoms with Crippen molar-refractivity contribution in [1.29, 1.82) is 0 Å². The number of thiophene rings is 1. The molecule has 2 atom stereocenters. The first kappa shape index (κ1) is 15.2. The highest BCUT2D eigenvalue weighted by molar-refractivity contribution is 7.07. The fraction of sp³-hybridized carbons (Fsp3) is 0.643. The second-order valence-electron chi connectivity index (χ2n) is 4.77. The third-order valence-corrected chi connectivity index (χ3v) is 3.81. The molecule has 0 aromatic carbocycles. The molecule has 1 aromatic heterocycles. The van der Waals surface area contributed by atoms with Crippen molar-refractivity contribution in [2.45, 2.75) is 58.0 Å². The van der Waals surface area contributed by atoms with Gasteiger partial charge in [-0.2, -0.15) is 11.3 Å². The molecule has 0 spiro atoms. The Morgan fingerprint density at radius 2 is 2.28 bits per heavy atom. The molecule has 0 aliphatic heterocycles. The van der Waals surface area contributed by atoms with Crippen molar-refractivity contribution in [3.05, 3.63) is 22.4 Å². The average molecular weight is 269 g/mol. The van der Waals surface area contributed by atoms with Crippen LogP contribution in [0.4, 0.5) is 0 Å². The number of unbranched alkanes of at least 4 members (excludes halogenated alkanes) is 1. The van der Waals surface area contributed by atoms with Gasteiger partial charge in [-0.15, -0.1) is 0 Å². The molecule has 0 bridgehead atoms. The number of aryl methyl sites for hydroxylation is 1. The van der Waals surface area contributed by atoms with Crippen molar-refractivity contribution in [3.8, 4) is 0 Å². The molecular formula is C14H23NO2S. The minimum atomic E-state index is -0.731. The Bertz CT molecular complexity index is 338. The Labute approximate surface area is 113 Å². The van der Waals surface area contributed by atoms with Crippen molar-refractivity contribution in [2.75, 3.05) is 0 Å². The molecule has 0 aliphatic carbocycles. The fourth-order valence-corrected chi connectivity index (χ4v) is 2.63. The number of aliphatic carboxylic acids is 1. The summed E-state index contributed by atoms with van der Waals surface area (Å²) in [6.45, 7) is 4.15. The maximum atomic E-state index is 11.1. The Hall–Kier alpha value is -0.870. The van der Waals surface area contributed by atoms with Crippen LogP contribution in [0.15, 0.2) is 16.8 Å². The first-order valence-corrected chi connectivity index (χ1v) is 7.57. The Morgan fingerprint density at radius 3 is 2.83 bits per heavy atom. The molecule has 18 heavy (non-hydrogen) atoms. The molecule has 0 aliphatic rings. The molecule has 1 aromatic rings. The van der Waals surface area contributed by atoms with Gasteiger partial charge in [0.25, 0.3) is 0 Å². The molecule has 1 rings (SSSR count). The van der Waals surface area contributed by atoms with Crippen molar-refractivity contribution < 1.29 is 9.90 Å². The third kappa shape index (κ3) is 5.65. The summed E-state index contributed by atoms with van der Waals surface area (Å²) in [5, 5.41) is 16.6. The van der Waals surface area contributed by atoms with E-state index in [4.69, 9.17) is 5.11 Å². The number of hydrogen-bond donors (Lipinski definition) is 2. The van der Waals surface area contributed by atoms with E-state index in [1.54, 1.807) is 11.3 Å². The van der Waals surface area contributed by atoms with Crippen LogP contribution in [0.3, 0.4) is 0 Å². The molecule has 1 unspecified atom stereocenters. The van der Waals surface area contributed by atoms with Crippen molar-refractivity contribution in [1.82, 2.24) is 5.32 Å². The van der Waals surface area contributed by atoms with E-state index in [9.17, 15) is 4.79 Å². The summed E-state index contributed by atoms with van der Waals surface area (Å²) in [6, 6.07) is 1.97. The van der Waals surface area contributed by atoms with Crippen molar-refractivity contribution >= 4 is 17.3 Å². The summed E-state index contributed by atoms with van der Waals surface area (Å²) < 4.78 is 0. The smallest absolute Gasteiger partial charge is 0.320 e. The molecule has 4 heteroatoms. The van der Waals surface area contributed by atoms with Crippen LogP contribution in [0.25, 0.3) is 0 Å². The van der Waals surface area contributed by atoms with E-state index < -0.39 is 12.0 Å². The van der Waals surface area contributed by atoms with Gasteiger partial charge in [-0.05, 0) is 48.6 Å². The molecule has 1 heterocycles. The van der Waals surface area contributed by atoms with Gasteiger partial charge in [0.1, 0.15) is 6.04 Å². The van der Waals surface area contributed by atoms with Crippen LogP contribution >= 0.6 is 11.3 Å². The van der Waals surface area contributed by atoms with Crippen LogP contribution in [0.1, 0.15) is 45.1 Å². The lowest BCUT2D eigenvalue weighted by atomic mass is 10.1. The number of carboxylic acids is 1. The predicted molar refractivity (Wildman–Crippen MR) is 76.2 cm³/mol. The van der Waals surface area contributed by atoms with Crippen LogP contribution in [0.5, 0.6) is 0 Å². The predicted octanol–water partition coefficient (Wildman–Crippen LogP) is 3.30. The minimum Gasteiger partial charge on any atom is -0.480 e. The lowest BCUT2D eigenvalue weighted by molar-refractivity contribution is -0.139. The molecule has 0 fully saturated rings. The second-order valence-corrected chi connectivity index (χ2v) is 5.55. The molecule has 102 valence electrons. The normalized spacial score (nSPS) is 14.3. The molecule has 0 saturated carbocycles. The van der Waals surface area contributed by atoms with Gasteiger partial charge in [0.05, 0.1) is 0 Å². The number of rotatable bonds is 9. The highest BCUT2D eigenvalue weighted by Gasteiger charge is 2.18. The molecule has 2 N–H and O–H groups in total. The summed E-state index contributed by atoms with van der Waals surface area (Å²) in [5.74, 6) is -0.731. The van der Waals surface area contributed by atoms with Gasteiger partial charge in [0.15, 0.2) is 0 Å². The molecule has 3 nitrogen and oxygen atoms in total. The summed E-state index contributed by atoms with van der Waals surface area (Å²) >= 11 is 1.71. The minimum absolute atomic E-state index is 0.239. The highest BCUT2D eigenvalue weighted by atomic mass is 32.1. The van der Waals surface area contributed by atoms with Crippen LogP contribution in [-0.2, 0) is 11.2 Å². The van der Waals surface area contributed by atoms with E-state index in [2.05, 4.69) is 36.0 Å². The van der Waals surface area contributed by atoms with Gasteiger partial charge >= 0.3 is 5.97 Å². The van der Waals surface area contributed by atoms with E-state index in [1.807, 2.05) is 0 Å². The molecule has 0 saturated heterocycles. The quantitative estimate of drug-likeness (QED) is 0.723. The van der Waals surface area contributed by atoms with E-state index in [-0.39, 0.29) is 6.04 Å². The number of carbonyl (C=O) groups is 1. The summed E-state index contributed by atoms with van der Waals surface area (Å²) in [4.78, 5) is 11.1. The van der Waals surface area contributed by atoms with Crippen molar-refractivity contribution in [2.24, 2.45) is 0 Å². The SMILES string of the molecule is CCCC[C@H](NC(C)CCc1ccsc1)C(=O)O. The highest BCUT2D eigenvalue weighted by Crippen LogP contribution is 2.10. The molecule has 0 amide bonds. The van der Waals surface area contributed by atoms with Crippen LogP contribution < -0.4 is 5.32 Å². The van der Waals surface area contributed by atoms with E-state index in [0.29, 0.717) is 6.42 Å². The zero-order valence-corrected chi connectivity index (χ0v) is 12.0. The Balaban J connectivity index is 2.31.